The lowest BCUT2D eigenvalue weighted by Crippen LogP contribution is -2.13. The number of nitrogens with one attached hydrogen (secondary N) is 3. The summed E-state index contributed by atoms with van der Waals surface area (Å²) in [5, 5.41) is 10.5. The zero-order chi connectivity index (χ0) is 16.5. The number of rotatable bonds is 9. The van der Waals surface area contributed by atoms with E-state index in [9.17, 15) is 0 Å². The Morgan fingerprint density at radius 1 is 1.43 bits per heavy atom. The molecule has 1 unspecified atom stereocenters. The number of H-pyrrole nitrogens is 2. The first-order chi connectivity index (χ1) is 11.3. The highest BCUT2D eigenvalue weighted by Gasteiger charge is 2.10. The zero-order valence-corrected chi connectivity index (χ0v) is 13.8. The number of hydrogen-bond donors (Lipinski definition) is 3. The molecule has 2 rings (SSSR count). The third-order valence-corrected chi connectivity index (χ3v) is 3.68. The van der Waals surface area contributed by atoms with Gasteiger partial charge in [0, 0.05) is 11.3 Å². The van der Waals surface area contributed by atoms with Crippen LogP contribution in [0.1, 0.15) is 54.9 Å². The smallest absolute Gasteiger partial charge is 0.0931 e. The van der Waals surface area contributed by atoms with E-state index in [1.165, 1.54) is 12.8 Å². The normalized spacial score (nSPS) is 13.0. The van der Waals surface area contributed by atoms with Crippen molar-refractivity contribution in [2.24, 2.45) is 0 Å². The van der Waals surface area contributed by atoms with Gasteiger partial charge >= 0.3 is 0 Å². The van der Waals surface area contributed by atoms with Crippen molar-refractivity contribution in [3.8, 4) is 0 Å². The van der Waals surface area contributed by atoms with E-state index >= 15 is 0 Å². The van der Waals surface area contributed by atoms with Gasteiger partial charge in [-0.2, -0.15) is 5.10 Å². The predicted molar refractivity (Wildman–Crippen MR) is 95.6 cm³/mol. The van der Waals surface area contributed by atoms with E-state index in [0.717, 1.165) is 29.1 Å². The number of aryl methyl sites for hydroxylation is 1. The number of imidazole rings is 1. The highest BCUT2D eigenvalue weighted by molar-refractivity contribution is 5.58. The lowest BCUT2D eigenvalue weighted by molar-refractivity contribution is 0.741. The summed E-state index contributed by atoms with van der Waals surface area (Å²) in [5.41, 5.74) is 4.00. The highest BCUT2D eigenvalue weighted by atomic mass is 15.1. The van der Waals surface area contributed by atoms with E-state index in [4.69, 9.17) is 0 Å². The summed E-state index contributed by atoms with van der Waals surface area (Å²) >= 11 is 0. The second-order valence-electron chi connectivity index (χ2n) is 5.40. The number of allylic oxidation sites excluding steroid dienone is 1. The van der Waals surface area contributed by atoms with E-state index < -0.39 is 0 Å². The van der Waals surface area contributed by atoms with Gasteiger partial charge in [-0.15, -0.1) is 0 Å². The lowest BCUT2D eigenvalue weighted by atomic mass is 10.1. The average Bonchev–Trinajstić information content (AvgIpc) is 3.18. The molecule has 0 aliphatic rings. The molecular formula is C18H25N5. The van der Waals surface area contributed by atoms with Gasteiger partial charge in [-0.3, -0.25) is 5.10 Å². The summed E-state index contributed by atoms with van der Waals surface area (Å²) in [4.78, 5) is 7.28. The maximum absolute atomic E-state index is 4.18. The molecule has 0 aromatic carbocycles. The molecule has 0 fully saturated rings. The van der Waals surface area contributed by atoms with Crippen LogP contribution in [0.5, 0.6) is 0 Å². The Kier molecular flexibility index (Phi) is 6.41. The van der Waals surface area contributed by atoms with Gasteiger partial charge in [0.05, 0.1) is 30.0 Å². The first-order valence-electron chi connectivity index (χ1n) is 8.01. The van der Waals surface area contributed by atoms with Crippen molar-refractivity contribution in [1.82, 2.24) is 25.5 Å². The van der Waals surface area contributed by atoms with Crippen molar-refractivity contribution in [2.75, 3.05) is 0 Å². The number of nitrogens with zero attached hydrogens (tertiary/aromatic N) is 2. The monoisotopic (exact) mass is 311 g/mol. The number of aromatic amines is 2. The van der Waals surface area contributed by atoms with E-state index in [-0.39, 0.29) is 6.04 Å². The summed E-state index contributed by atoms with van der Waals surface area (Å²) in [6, 6.07) is 0.0944. The zero-order valence-electron chi connectivity index (χ0n) is 13.8. The third-order valence-electron chi connectivity index (χ3n) is 3.68. The average molecular weight is 311 g/mol. The fraction of sp³-hybridized carbons (Fsp3) is 0.333. The summed E-state index contributed by atoms with van der Waals surface area (Å²) < 4.78 is 0. The van der Waals surface area contributed by atoms with Gasteiger partial charge in [0.1, 0.15) is 0 Å². The van der Waals surface area contributed by atoms with E-state index in [2.05, 4.69) is 51.1 Å². The Morgan fingerprint density at radius 2 is 2.30 bits per heavy atom. The second kappa shape index (κ2) is 8.78. The van der Waals surface area contributed by atoms with Crippen LogP contribution in [0.2, 0.25) is 0 Å². The number of hydrogen-bond acceptors (Lipinski definition) is 3. The largest absolute Gasteiger partial charge is 0.380 e. The van der Waals surface area contributed by atoms with Crippen molar-refractivity contribution in [2.45, 2.75) is 39.2 Å². The molecule has 0 spiro atoms. The minimum absolute atomic E-state index is 0.0944. The Bertz CT molecular complexity index is 663. The summed E-state index contributed by atoms with van der Waals surface area (Å²) in [5.74, 6) is 0. The van der Waals surface area contributed by atoms with Crippen LogP contribution in [0.25, 0.3) is 12.2 Å². The molecule has 5 heteroatoms. The molecule has 2 aromatic heterocycles. The molecule has 3 N–H and O–H groups in total. The summed E-state index contributed by atoms with van der Waals surface area (Å²) in [7, 11) is 0. The van der Waals surface area contributed by atoms with Crippen molar-refractivity contribution in [3.05, 3.63) is 60.1 Å². The topological polar surface area (TPSA) is 69.4 Å². The Hall–Kier alpha value is -2.56. The molecule has 2 aromatic rings. The van der Waals surface area contributed by atoms with Crippen molar-refractivity contribution in [1.29, 1.82) is 0 Å². The van der Waals surface area contributed by atoms with Gasteiger partial charge in [0.15, 0.2) is 0 Å². The molecule has 0 saturated heterocycles. The molecule has 0 radical (unpaired) electrons. The van der Waals surface area contributed by atoms with Gasteiger partial charge in [-0.05, 0) is 31.7 Å². The summed E-state index contributed by atoms with van der Waals surface area (Å²) in [6.07, 6.45) is 17.1. The third kappa shape index (κ3) is 4.71. The van der Waals surface area contributed by atoms with E-state index in [1.54, 1.807) is 12.4 Å². The molecule has 0 aliphatic heterocycles. The highest BCUT2D eigenvalue weighted by Crippen LogP contribution is 2.18. The van der Waals surface area contributed by atoms with Crippen LogP contribution in [-0.2, 0) is 0 Å². The van der Waals surface area contributed by atoms with Crippen LogP contribution in [0.3, 0.4) is 0 Å². The van der Waals surface area contributed by atoms with Crippen LogP contribution >= 0.6 is 0 Å². The molecule has 0 saturated carbocycles. The van der Waals surface area contributed by atoms with Gasteiger partial charge in [-0.25, -0.2) is 4.98 Å². The van der Waals surface area contributed by atoms with Gasteiger partial charge in [0.2, 0.25) is 0 Å². The maximum atomic E-state index is 4.18. The number of aromatic nitrogens is 4. The fourth-order valence-corrected chi connectivity index (χ4v) is 2.32. The molecule has 0 amide bonds. The van der Waals surface area contributed by atoms with Gasteiger partial charge in [0.25, 0.3) is 0 Å². The quantitative estimate of drug-likeness (QED) is 0.481. The van der Waals surface area contributed by atoms with Crippen LogP contribution < -0.4 is 5.32 Å². The van der Waals surface area contributed by atoms with E-state index in [0.29, 0.717) is 0 Å². The summed E-state index contributed by atoms with van der Waals surface area (Å²) in [6.45, 7) is 7.99. The van der Waals surface area contributed by atoms with Crippen LogP contribution in [0.4, 0.5) is 0 Å². The van der Waals surface area contributed by atoms with Crippen LogP contribution in [-0.4, -0.2) is 20.2 Å². The van der Waals surface area contributed by atoms with Crippen molar-refractivity contribution >= 4 is 12.2 Å². The van der Waals surface area contributed by atoms with E-state index in [1.807, 2.05) is 25.4 Å². The lowest BCUT2D eigenvalue weighted by Gasteiger charge is -2.12. The second-order valence-corrected chi connectivity index (χ2v) is 5.40. The molecule has 5 nitrogen and oxygen atoms in total. The molecule has 122 valence electrons. The minimum atomic E-state index is 0.0944. The molecule has 0 bridgehead atoms. The molecule has 23 heavy (non-hydrogen) atoms. The molecule has 1 atom stereocenters. The van der Waals surface area contributed by atoms with Crippen molar-refractivity contribution < 1.29 is 0 Å². The van der Waals surface area contributed by atoms with Crippen LogP contribution in [0.15, 0.2) is 37.5 Å². The molecule has 0 aliphatic carbocycles. The maximum Gasteiger partial charge on any atom is 0.0931 e. The number of unbranched alkanes of at least 4 members (excludes halogenated alkanes) is 2. The molecule has 2 heterocycles. The minimum Gasteiger partial charge on any atom is -0.380 e. The Morgan fingerprint density at radius 3 is 3.00 bits per heavy atom. The van der Waals surface area contributed by atoms with Gasteiger partial charge in [-0.1, -0.05) is 38.5 Å². The first-order valence-corrected chi connectivity index (χ1v) is 8.01. The SMILES string of the molecule is C=Cc1nc[nH]c1/C=C/NC(/C=C/CCCC)c1cn[nH]c1C. The fourth-order valence-electron chi connectivity index (χ4n) is 2.32. The molecular weight excluding hydrogens is 286 g/mol. The van der Waals surface area contributed by atoms with Gasteiger partial charge < -0.3 is 10.3 Å². The Labute approximate surface area is 137 Å². The standard InChI is InChI=1S/C18H25N5/c1-4-6-7-8-9-17(15-12-22-23-14(15)3)19-11-10-18-16(5-2)20-13-21-18/h5,8-13,17,19H,2,4,6-7H2,1,3H3,(H,20,21)(H,22,23)/b9-8+,11-10+. The predicted octanol–water partition coefficient (Wildman–Crippen LogP) is 4.13. The van der Waals surface area contributed by atoms with Crippen molar-refractivity contribution in [3.63, 3.8) is 0 Å². The first kappa shape index (κ1) is 16.8. The van der Waals surface area contributed by atoms with Crippen LogP contribution in [0, 0.1) is 6.92 Å². The Balaban J connectivity index is 2.07.